The third-order valence-corrected chi connectivity index (χ3v) is 4.18. The van der Waals surface area contributed by atoms with Crippen molar-refractivity contribution >= 4 is 17.7 Å². The molecule has 0 bridgehead atoms. The van der Waals surface area contributed by atoms with Crippen LogP contribution in [-0.4, -0.2) is 27.5 Å². The molecular weight excluding hydrogens is 409 g/mol. The summed E-state index contributed by atoms with van der Waals surface area (Å²) in [7, 11) is 0. The number of halogens is 3. The number of hydrogen-bond acceptors (Lipinski definition) is 4. The van der Waals surface area contributed by atoms with Crippen molar-refractivity contribution in [3.05, 3.63) is 77.6 Å². The van der Waals surface area contributed by atoms with E-state index in [2.05, 4.69) is 15.6 Å². The Morgan fingerprint density at radius 3 is 2.68 bits per heavy atom. The summed E-state index contributed by atoms with van der Waals surface area (Å²) in [5.74, 6) is -0.441. The Kier molecular flexibility index (Phi) is 7.07. The van der Waals surface area contributed by atoms with Gasteiger partial charge in [0.1, 0.15) is 11.4 Å². The number of rotatable bonds is 8. The maximum Gasteiger partial charge on any atom is 0.416 e. The fraction of sp³-hybridized carbons (Fsp3) is 0.227. The van der Waals surface area contributed by atoms with E-state index in [4.69, 9.17) is 4.74 Å². The summed E-state index contributed by atoms with van der Waals surface area (Å²) in [6.07, 6.45) is 0.421. The second kappa shape index (κ2) is 9.92. The van der Waals surface area contributed by atoms with Gasteiger partial charge in [-0.1, -0.05) is 42.5 Å². The zero-order valence-corrected chi connectivity index (χ0v) is 16.8. The van der Waals surface area contributed by atoms with Crippen LogP contribution in [0.4, 0.5) is 18.9 Å². The maximum atomic E-state index is 13.0. The standard InChI is InChI=1S/C22H21F3N4O2/c1-2-12-31-20-10-8-17(22(23,24)25)13-19(20)26-21(30)11-9-18-15-29(28-27-18)14-16-6-4-3-5-7-16/h3-11,13,15H,2,12,14H2,1H3,(H,26,30)/b11-9+. The molecule has 0 radical (unpaired) electrons. The Morgan fingerprint density at radius 1 is 1.19 bits per heavy atom. The van der Waals surface area contributed by atoms with Gasteiger partial charge < -0.3 is 10.1 Å². The number of alkyl halides is 3. The van der Waals surface area contributed by atoms with Crippen molar-refractivity contribution in [2.24, 2.45) is 0 Å². The molecule has 0 aliphatic rings. The monoisotopic (exact) mass is 430 g/mol. The number of carbonyl (C=O) groups excluding carboxylic acids is 1. The summed E-state index contributed by atoms with van der Waals surface area (Å²) in [5.41, 5.74) is 0.563. The summed E-state index contributed by atoms with van der Waals surface area (Å²) >= 11 is 0. The molecule has 0 saturated heterocycles. The Morgan fingerprint density at radius 2 is 1.97 bits per heavy atom. The normalized spacial score (nSPS) is 11.6. The van der Waals surface area contributed by atoms with Crippen molar-refractivity contribution in [1.82, 2.24) is 15.0 Å². The highest BCUT2D eigenvalue weighted by molar-refractivity contribution is 6.02. The van der Waals surface area contributed by atoms with Crippen LogP contribution in [0.3, 0.4) is 0 Å². The second-order valence-electron chi connectivity index (χ2n) is 6.71. The predicted molar refractivity (Wildman–Crippen MR) is 110 cm³/mol. The van der Waals surface area contributed by atoms with E-state index < -0.39 is 17.6 Å². The van der Waals surface area contributed by atoms with Crippen LogP contribution in [0, 0.1) is 0 Å². The van der Waals surface area contributed by atoms with Gasteiger partial charge in [-0.3, -0.25) is 4.79 Å². The van der Waals surface area contributed by atoms with E-state index in [-0.39, 0.29) is 11.4 Å². The van der Waals surface area contributed by atoms with E-state index in [1.165, 1.54) is 18.2 Å². The molecule has 0 atom stereocenters. The highest BCUT2D eigenvalue weighted by Gasteiger charge is 2.31. The molecule has 0 unspecified atom stereocenters. The third-order valence-electron chi connectivity index (χ3n) is 4.18. The van der Waals surface area contributed by atoms with E-state index in [0.717, 1.165) is 17.7 Å². The Bertz CT molecular complexity index is 1050. The number of ether oxygens (including phenoxy) is 1. The quantitative estimate of drug-likeness (QED) is 0.522. The minimum atomic E-state index is -4.53. The number of amides is 1. The van der Waals surface area contributed by atoms with Crippen LogP contribution in [0.25, 0.3) is 6.08 Å². The molecule has 9 heteroatoms. The summed E-state index contributed by atoms with van der Waals surface area (Å²) in [5, 5.41) is 10.4. The number of carbonyl (C=O) groups is 1. The molecule has 2 aromatic carbocycles. The van der Waals surface area contributed by atoms with Crippen molar-refractivity contribution in [1.29, 1.82) is 0 Å². The first-order chi connectivity index (χ1) is 14.8. The molecule has 3 aromatic rings. The highest BCUT2D eigenvalue weighted by atomic mass is 19.4. The lowest BCUT2D eigenvalue weighted by Crippen LogP contribution is -2.12. The summed E-state index contributed by atoms with van der Waals surface area (Å²) in [4.78, 5) is 12.3. The first kappa shape index (κ1) is 22.1. The molecule has 0 aliphatic heterocycles. The fourth-order valence-corrected chi connectivity index (χ4v) is 2.71. The van der Waals surface area contributed by atoms with Crippen molar-refractivity contribution in [2.75, 3.05) is 11.9 Å². The van der Waals surface area contributed by atoms with Crippen molar-refractivity contribution in [3.63, 3.8) is 0 Å². The SMILES string of the molecule is CCCOc1ccc(C(F)(F)F)cc1NC(=O)/C=C/c1cn(Cc2ccccc2)nn1. The number of aromatic nitrogens is 3. The van der Waals surface area contributed by atoms with Gasteiger partial charge in [0.2, 0.25) is 5.91 Å². The summed E-state index contributed by atoms with van der Waals surface area (Å²) in [6.45, 7) is 2.71. The van der Waals surface area contributed by atoms with Gasteiger partial charge in [0.05, 0.1) is 30.6 Å². The Hall–Kier alpha value is -3.62. The second-order valence-corrected chi connectivity index (χ2v) is 6.71. The molecule has 162 valence electrons. The van der Waals surface area contributed by atoms with Crippen LogP contribution in [0.15, 0.2) is 60.8 Å². The van der Waals surface area contributed by atoms with Gasteiger partial charge >= 0.3 is 6.18 Å². The smallest absolute Gasteiger partial charge is 0.416 e. The molecule has 0 fully saturated rings. The number of nitrogens with one attached hydrogen (secondary N) is 1. The van der Waals surface area contributed by atoms with E-state index in [1.54, 1.807) is 10.9 Å². The van der Waals surface area contributed by atoms with Gasteiger partial charge in [-0.15, -0.1) is 5.10 Å². The summed E-state index contributed by atoms with van der Waals surface area (Å²) < 4.78 is 46.2. The topological polar surface area (TPSA) is 69.0 Å². The minimum Gasteiger partial charge on any atom is -0.491 e. The van der Waals surface area contributed by atoms with Crippen molar-refractivity contribution < 1.29 is 22.7 Å². The van der Waals surface area contributed by atoms with Crippen LogP contribution < -0.4 is 10.1 Å². The lowest BCUT2D eigenvalue weighted by Gasteiger charge is -2.14. The Balaban J connectivity index is 1.69. The molecule has 3 rings (SSSR count). The molecule has 31 heavy (non-hydrogen) atoms. The van der Waals surface area contributed by atoms with Gasteiger partial charge in [0.25, 0.3) is 0 Å². The minimum absolute atomic E-state index is 0.0503. The largest absolute Gasteiger partial charge is 0.491 e. The fourth-order valence-electron chi connectivity index (χ4n) is 2.71. The van der Waals surface area contributed by atoms with Gasteiger partial charge in [0.15, 0.2) is 0 Å². The van der Waals surface area contributed by atoms with Gasteiger partial charge in [-0.2, -0.15) is 13.2 Å². The van der Waals surface area contributed by atoms with Crippen LogP contribution in [-0.2, 0) is 17.5 Å². The Labute approximate surface area is 177 Å². The lowest BCUT2D eigenvalue weighted by atomic mass is 10.1. The predicted octanol–water partition coefficient (Wildman–Crippen LogP) is 4.79. The molecule has 0 spiro atoms. The van der Waals surface area contributed by atoms with Crippen molar-refractivity contribution in [3.8, 4) is 5.75 Å². The molecule has 6 nitrogen and oxygen atoms in total. The van der Waals surface area contributed by atoms with Gasteiger partial charge in [-0.25, -0.2) is 4.68 Å². The molecular formula is C22H21F3N4O2. The number of hydrogen-bond donors (Lipinski definition) is 1. The van der Waals surface area contributed by atoms with E-state index in [9.17, 15) is 18.0 Å². The third kappa shape index (κ3) is 6.43. The average Bonchev–Trinajstić information content (AvgIpc) is 3.18. The van der Waals surface area contributed by atoms with Gasteiger partial charge in [-0.05, 0) is 36.3 Å². The average molecular weight is 430 g/mol. The molecule has 1 N–H and O–H groups in total. The van der Waals surface area contributed by atoms with Crippen LogP contribution in [0.2, 0.25) is 0 Å². The van der Waals surface area contributed by atoms with Crippen molar-refractivity contribution in [2.45, 2.75) is 26.1 Å². The molecule has 0 aliphatic carbocycles. The number of nitrogens with zero attached hydrogens (tertiary/aromatic N) is 3. The molecule has 1 aromatic heterocycles. The van der Waals surface area contributed by atoms with Gasteiger partial charge in [0, 0.05) is 6.08 Å². The zero-order chi connectivity index (χ0) is 22.3. The molecule has 0 saturated carbocycles. The van der Waals surface area contributed by atoms with E-state index in [0.29, 0.717) is 25.3 Å². The maximum absolute atomic E-state index is 13.0. The zero-order valence-electron chi connectivity index (χ0n) is 16.8. The van der Waals surface area contributed by atoms with Crippen LogP contribution >= 0.6 is 0 Å². The van der Waals surface area contributed by atoms with Crippen LogP contribution in [0.5, 0.6) is 5.75 Å². The van der Waals surface area contributed by atoms with E-state index >= 15 is 0 Å². The number of anilines is 1. The van der Waals surface area contributed by atoms with E-state index in [1.807, 2.05) is 37.3 Å². The highest BCUT2D eigenvalue weighted by Crippen LogP contribution is 2.35. The first-order valence-electron chi connectivity index (χ1n) is 9.62. The lowest BCUT2D eigenvalue weighted by molar-refractivity contribution is -0.137. The first-order valence-corrected chi connectivity index (χ1v) is 9.62. The summed E-state index contributed by atoms with van der Waals surface area (Å²) in [6, 6.07) is 12.6. The number of benzene rings is 2. The van der Waals surface area contributed by atoms with Crippen LogP contribution in [0.1, 0.15) is 30.2 Å². The molecule has 1 amide bonds. The molecule has 1 heterocycles.